The van der Waals surface area contributed by atoms with E-state index in [2.05, 4.69) is 5.32 Å². The number of rotatable bonds is 2. The smallest absolute Gasteiger partial charge is 0.254 e. The standard InChI is InChI=1S/C15H21N3O2/c1-10-4-5-11(16)8-12(10)13(19)18-7-6-15(2,9-18)14(20)17-3/h4-5,8H,6-7,9,16H2,1-3H3,(H,17,20). The molecule has 0 spiro atoms. The highest BCUT2D eigenvalue weighted by Gasteiger charge is 2.41. The summed E-state index contributed by atoms with van der Waals surface area (Å²) < 4.78 is 0. The first kappa shape index (κ1) is 14.4. The summed E-state index contributed by atoms with van der Waals surface area (Å²) in [4.78, 5) is 26.2. The molecule has 0 bridgehead atoms. The first-order valence-electron chi connectivity index (χ1n) is 6.75. The lowest BCUT2D eigenvalue weighted by atomic mass is 9.89. The van der Waals surface area contributed by atoms with Crippen molar-refractivity contribution < 1.29 is 9.59 Å². The van der Waals surface area contributed by atoms with Gasteiger partial charge in [-0.05, 0) is 38.0 Å². The molecular weight excluding hydrogens is 254 g/mol. The summed E-state index contributed by atoms with van der Waals surface area (Å²) in [5.41, 5.74) is 7.34. The molecule has 1 atom stereocenters. The molecule has 5 heteroatoms. The maximum absolute atomic E-state index is 12.6. The van der Waals surface area contributed by atoms with E-state index in [1.165, 1.54) is 0 Å². The van der Waals surface area contributed by atoms with Crippen LogP contribution in [0.4, 0.5) is 5.69 Å². The summed E-state index contributed by atoms with van der Waals surface area (Å²) in [7, 11) is 1.63. The Morgan fingerprint density at radius 2 is 2.10 bits per heavy atom. The topological polar surface area (TPSA) is 75.4 Å². The van der Waals surface area contributed by atoms with Gasteiger partial charge in [0.05, 0.1) is 5.41 Å². The molecule has 108 valence electrons. The fourth-order valence-corrected chi connectivity index (χ4v) is 2.66. The van der Waals surface area contributed by atoms with E-state index in [0.717, 1.165) is 5.56 Å². The zero-order chi connectivity index (χ0) is 14.9. The fourth-order valence-electron chi connectivity index (χ4n) is 2.66. The second kappa shape index (κ2) is 5.15. The van der Waals surface area contributed by atoms with Crippen LogP contribution in [0.2, 0.25) is 0 Å². The molecule has 1 fully saturated rings. The summed E-state index contributed by atoms with van der Waals surface area (Å²) >= 11 is 0. The average Bonchev–Trinajstić information content (AvgIpc) is 2.83. The number of aryl methyl sites for hydroxylation is 1. The predicted molar refractivity (Wildman–Crippen MR) is 78.3 cm³/mol. The van der Waals surface area contributed by atoms with E-state index in [1.807, 2.05) is 19.9 Å². The van der Waals surface area contributed by atoms with Crippen molar-refractivity contribution in [3.8, 4) is 0 Å². The minimum atomic E-state index is -0.501. The summed E-state index contributed by atoms with van der Waals surface area (Å²) in [6.07, 6.45) is 0.680. The first-order valence-corrected chi connectivity index (χ1v) is 6.75. The van der Waals surface area contributed by atoms with Crippen LogP contribution >= 0.6 is 0 Å². The molecule has 3 N–H and O–H groups in total. The molecule has 1 aromatic carbocycles. The number of nitrogen functional groups attached to an aromatic ring is 1. The molecule has 1 aliphatic heterocycles. The Kier molecular flexibility index (Phi) is 3.70. The molecule has 0 aliphatic carbocycles. The van der Waals surface area contributed by atoms with Gasteiger partial charge in [0.15, 0.2) is 0 Å². The molecule has 0 saturated carbocycles. The van der Waals surface area contributed by atoms with Crippen LogP contribution in [0, 0.1) is 12.3 Å². The number of anilines is 1. The van der Waals surface area contributed by atoms with Crippen LogP contribution in [0.15, 0.2) is 18.2 Å². The second-order valence-corrected chi connectivity index (χ2v) is 5.69. The minimum Gasteiger partial charge on any atom is -0.399 e. The van der Waals surface area contributed by atoms with Crippen molar-refractivity contribution >= 4 is 17.5 Å². The average molecular weight is 275 g/mol. The Bertz CT molecular complexity index is 556. The Balaban J connectivity index is 2.20. The van der Waals surface area contributed by atoms with E-state index in [-0.39, 0.29) is 11.8 Å². The van der Waals surface area contributed by atoms with Crippen molar-refractivity contribution in [2.45, 2.75) is 20.3 Å². The molecule has 0 aromatic heterocycles. The van der Waals surface area contributed by atoms with Crippen molar-refractivity contribution in [2.75, 3.05) is 25.9 Å². The number of likely N-dealkylation sites (tertiary alicyclic amines) is 1. The number of hydrogen-bond acceptors (Lipinski definition) is 3. The van der Waals surface area contributed by atoms with Crippen molar-refractivity contribution in [1.29, 1.82) is 0 Å². The third-order valence-electron chi connectivity index (χ3n) is 4.03. The second-order valence-electron chi connectivity index (χ2n) is 5.69. The number of nitrogens with two attached hydrogens (primary N) is 1. The Morgan fingerprint density at radius 1 is 1.40 bits per heavy atom. The molecule has 1 saturated heterocycles. The van der Waals surface area contributed by atoms with E-state index in [4.69, 9.17) is 5.73 Å². The Hall–Kier alpha value is -2.04. The van der Waals surface area contributed by atoms with Gasteiger partial charge in [0.2, 0.25) is 5.91 Å². The summed E-state index contributed by atoms with van der Waals surface area (Å²) in [6.45, 7) is 4.82. The Labute approximate surface area is 119 Å². The third-order valence-corrected chi connectivity index (χ3v) is 4.03. The number of carbonyl (C=O) groups excluding carboxylic acids is 2. The van der Waals surface area contributed by atoms with Gasteiger partial charge in [0, 0.05) is 31.4 Å². The van der Waals surface area contributed by atoms with Crippen molar-refractivity contribution in [3.05, 3.63) is 29.3 Å². The monoisotopic (exact) mass is 275 g/mol. The molecule has 1 aliphatic rings. The Morgan fingerprint density at radius 3 is 2.75 bits per heavy atom. The van der Waals surface area contributed by atoms with Crippen molar-refractivity contribution in [3.63, 3.8) is 0 Å². The number of amides is 2. The molecule has 20 heavy (non-hydrogen) atoms. The van der Waals surface area contributed by atoms with Gasteiger partial charge in [-0.25, -0.2) is 0 Å². The van der Waals surface area contributed by atoms with E-state index >= 15 is 0 Å². The van der Waals surface area contributed by atoms with Gasteiger partial charge in [-0.3, -0.25) is 9.59 Å². The van der Waals surface area contributed by atoms with Gasteiger partial charge >= 0.3 is 0 Å². The van der Waals surface area contributed by atoms with Crippen LogP contribution in [0.3, 0.4) is 0 Å². The molecule has 2 rings (SSSR count). The highest BCUT2D eigenvalue weighted by molar-refractivity contribution is 5.97. The molecular formula is C15H21N3O2. The van der Waals surface area contributed by atoms with Crippen LogP contribution in [0.25, 0.3) is 0 Å². The van der Waals surface area contributed by atoms with Crippen molar-refractivity contribution in [1.82, 2.24) is 10.2 Å². The third kappa shape index (κ3) is 2.48. The SMILES string of the molecule is CNC(=O)C1(C)CCN(C(=O)c2cc(N)ccc2C)C1. The van der Waals surface area contributed by atoms with Gasteiger partial charge in [-0.1, -0.05) is 6.07 Å². The summed E-state index contributed by atoms with van der Waals surface area (Å²) in [5.74, 6) is -0.0699. The molecule has 1 unspecified atom stereocenters. The number of benzene rings is 1. The first-order chi connectivity index (χ1) is 9.37. The highest BCUT2D eigenvalue weighted by Crippen LogP contribution is 2.31. The van der Waals surface area contributed by atoms with E-state index in [0.29, 0.717) is 30.8 Å². The van der Waals surface area contributed by atoms with Gasteiger partial charge in [-0.15, -0.1) is 0 Å². The normalized spacial score (nSPS) is 21.9. The van der Waals surface area contributed by atoms with E-state index in [1.54, 1.807) is 24.1 Å². The summed E-state index contributed by atoms with van der Waals surface area (Å²) in [5, 5.41) is 2.67. The van der Waals surface area contributed by atoms with E-state index in [9.17, 15) is 9.59 Å². The predicted octanol–water partition coefficient (Wildman–Crippen LogP) is 1.18. The minimum absolute atomic E-state index is 0.0166. The van der Waals surface area contributed by atoms with E-state index < -0.39 is 5.41 Å². The zero-order valence-corrected chi connectivity index (χ0v) is 12.2. The van der Waals surface area contributed by atoms with Crippen LogP contribution in [-0.2, 0) is 4.79 Å². The van der Waals surface area contributed by atoms with Crippen molar-refractivity contribution in [2.24, 2.45) is 5.41 Å². The lowest BCUT2D eigenvalue weighted by Crippen LogP contribution is -2.40. The maximum Gasteiger partial charge on any atom is 0.254 e. The van der Waals surface area contributed by atoms with Crippen LogP contribution in [0.1, 0.15) is 29.3 Å². The van der Waals surface area contributed by atoms with Gasteiger partial charge in [0.1, 0.15) is 0 Å². The number of hydrogen-bond donors (Lipinski definition) is 2. The number of nitrogens with zero attached hydrogens (tertiary/aromatic N) is 1. The van der Waals surface area contributed by atoms with Crippen LogP contribution in [-0.4, -0.2) is 36.9 Å². The summed E-state index contributed by atoms with van der Waals surface area (Å²) in [6, 6.07) is 5.33. The number of nitrogens with one attached hydrogen (secondary N) is 1. The van der Waals surface area contributed by atoms with Crippen LogP contribution < -0.4 is 11.1 Å². The zero-order valence-electron chi connectivity index (χ0n) is 12.2. The largest absolute Gasteiger partial charge is 0.399 e. The van der Waals surface area contributed by atoms with Gasteiger partial charge in [0.25, 0.3) is 5.91 Å². The lowest BCUT2D eigenvalue weighted by Gasteiger charge is -2.23. The quantitative estimate of drug-likeness (QED) is 0.796. The number of carbonyl (C=O) groups is 2. The maximum atomic E-state index is 12.6. The fraction of sp³-hybridized carbons (Fsp3) is 0.467. The highest BCUT2D eigenvalue weighted by atomic mass is 16.2. The molecule has 1 heterocycles. The molecule has 0 radical (unpaired) electrons. The van der Waals surface area contributed by atoms with Gasteiger partial charge in [-0.2, -0.15) is 0 Å². The molecule has 1 aromatic rings. The molecule has 5 nitrogen and oxygen atoms in total. The van der Waals surface area contributed by atoms with Crippen LogP contribution in [0.5, 0.6) is 0 Å². The molecule has 2 amide bonds. The van der Waals surface area contributed by atoms with Gasteiger partial charge < -0.3 is 16.0 Å². The lowest BCUT2D eigenvalue weighted by molar-refractivity contribution is -0.128.